The first-order valence-corrected chi connectivity index (χ1v) is 5.38. The van der Waals surface area contributed by atoms with Crippen LogP contribution in [0.4, 0.5) is 0 Å². The maximum Gasteiger partial charge on any atom is 0.232 e. The highest BCUT2D eigenvalue weighted by Crippen LogP contribution is 2.19. The van der Waals surface area contributed by atoms with E-state index in [0.717, 1.165) is 11.4 Å². The first-order valence-electron chi connectivity index (χ1n) is 5.38. The molecule has 0 aliphatic carbocycles. The van der Waals surface area contributed by atoms with Gasteiger partial charge in [0.1, 0.15) is 18.6 Å². The third kappa shape index (κ3) is 3.03. The summed E-state index contributed by atoms with van der Waals surface area (Å²) in [5.41, 5.74) is 1.66. The molecule has 0 atom stereocenters. The summed E-state index contributed by atoms with van der Waals surface area (Å²) in [7, 11) is 0. The summed E-state index contributed by atoms with van der Waals surface area (Å²) < 4.78 is 10.3. The van der Waals surface area contributed by atoms with Crippen LogP contribution in [0.3, 0.4) is 0 Å². The van der Waals surface area contributed by atoms with Gasteiger partial charge < -0.3 is 9.15 Å². The second kappa shape index (κ2) is 4.53. The van der Waals surface area contributed by atoms with Crippen molar-refractivity contribution in [1.29, 1.82) is 0 Å². The predicted octanol–water partition coefficient (Wildman–Crippen LogP) is 2.34. The number of hydrogen-bond donors (Lipinski definition) is 0. The summed E-state index contributed by atoms with van der Waals surface area (Å²) in [6.07, 6.45) is 6.27. The Morgan fingerprint density at radius 3 is 2.53 bits per heavy atom. The van der Waals surface area contributed by atoms with E-state index in [1.807, 2.05) is 0 Å². The summed E-state index contributed by atoms with van der Waals surface area (Å²) in [4.78, 5) is 12.5. The van der Waals surface area contributed by atoms with Crippen LogP contribution in [0.25, 0.3) is 0 Å². The lowest BCUT2D eigenvalue weighted by Gasteiger charge is -2.16. The Morgan fingerprint density at radius 2 is 2.00 bits per heavy atom. The maximum absolute atomic E-state index is 5.42. The standard InChI is InChI=1S/C12H15N3O2/c1-12(2,3)10-4-14-11(5-13-10)17-7-9-6-16-8-15-9/h4-6,8H,7H2,1-3H3. The Morgan fingerprint density at radius 1 is 1.18 bits per heavy atom. The molecule has 90 valence electrons. The van der Waals surface area contributed by atoms with Gasteiger partial charge in [-0.05, 0) is 0 Å². The van der Waals surface area contributed by atoms with E-state index in [4.69, 9.17) is 9.15 Å². The number of rotatable bonds is 3. The van der Waals surface area contributed by atoms with Crippen LogP contribution in [0.1, 0.15) is 32.2 Å². The van der Waals surface area contributed by atoms with Gasteiger partial charge in [0.05, 0.1) is 18.1 Å². The molecule has 2 aromatic rings. The van der Waals surface area contributed by atoms with E-state index in [1.165, 1.54) is 12.7 Å². The molecule has 0 radical (unpaired) electrons. The molecule has 0 spiro atoms. The fourth-order valence-electron chi connectivity index (χ4n) is 1.23. The fourth-order valence-corrected chi connectivity index (χ4v) is 1.23. The largest absolute Gasteiger partial charge is 0.470 e. The molecular weight excluding hydrogens is 218 g/mol. The van der Waals surface area contributed by atoms with Crippen molar-refractivity contribution >= 4 is 0 Å². The van der Waals surface area contributed by atoms with Crippen LogP contribution in [-0.2, 0) is 12.0 Å². The Balaban J connectivity index is 1.99. The molecule has 0 saturated heterocycles. The fraction of sp³-hybridized carbons (Fsp3) is 0.417. The zero-order valence-electron chi connectivity index (χ0n) is 10.2. The van der Waals surface area contributed by atoms with Crippen molar-refractivity contribution in [3.63, 3.8) is 0 Å². The van der Waals surface area contributed by atoms with Crippen molar-refractivity contribution < 1.29 is 9.15 Å². The molecule has 5 nitrogen and oxygen atoms in total. The molecule has 0 amide bonds. The van der Waals surface area contributed by atoms with Crippen LogP contribution in [0.5, 0.6) is 5.88 Å². The molecule has 0 bridgehead atoms. The predicted molar refractivity (Wildman–Crippen MR) is 61.6 cm³/mol. The lowest BCUT2D eigenvalue weighted by Crippen LogP contribution is -2.13. The van der Waals surface area contributed by atoms with Crippen molar-refractivity contribution in [1.82, 2.24) is 15.0 Å². The maximum atomic E-state index is 5.42. The monoisotopic (exact) mass is 233 g/mol. The highest BCUT2D eigenvalue weighted by atomic mass is 16.5. The third-order valence-corrected chi connectivity index (χ3v) is 2.25. The van der Waals surface area contributed by atoms with Crippen LogP contribution in [-0.4, -0.2) is 15.0 Å². The Bertz CT molecular complexity index is 457. The summed E-state index contributed by atoms with van der Waals surface area (Å²) in [5, 5.41) is 0. The van der Waals surface area contributed by atoms with E-state index >= 15 is 0 Å². The van der Waals surface area contributed by atoms with E-state index < -0.39 is 0 Å². The number of oxazole rings is 1. The van der Waals surface area contributed by atoms with Gasteiger partial charge in [0.2, 0.25) is 5.88 Å². The van der Waals surface area contributed by atoms with Gasteiger partial charge in [-0.3, -0.25) is 4.98 Å². The average Bonchev–Trinajstić information content (AvgIpc) is 2.78. The van der Waals surface area contributed by atoms with Gasteiger partial charge in [0.25, 0.3) is 0 Å². The van der Waals surface area contributed by atoms with E-state index in [-0.39, 0.29) is 5.41 Å². The van der Waals surface area contributed by atoms with E-state index in [9.17, 15) is 0 Å². The molecule has 0 aliphatic rings. The Labute approximate surface area is 99.9 Å². The number of nitrogens with zero attached hydrogens (tertiary/aromatic N) is 3. The zero-order valence-corrected chi connectivity index (χ0v) is 10.2. The lowest BCUT2D eigenvalue weighted by molar-refractivity contribution is 0.287. The summed E-state index contributed by atoms with van der Waals surface area (Å²) in [5.74, 6) is 0.487. The van der Waals surface area contributed by atoms with Crippen molar-refractivity contribution in [2.75, 3.05) is 0 Å². The number of ether oxygens (including phenoxy) is 1. The summed E-state index contributed by atoms with van der Waals surface area (Å²) in [6, 6.07) is 0. The van der Waals surface area contributed by atoms with Gasteiger partial charge in [0, 0.05) is 5.41 Å². The molecule has 17 heavy (non-hydrogen) atoms. The molecule has 2 aromatic heterocycles. The zero-order chi connectivity index (χ0) is 12.3. The van der Waals surface area contributed by atoms with Crippen molar-refractivity contribution in [2.45, 2.75) is 32.8 Å². The van der Waals surface area contributed by atoms with E-state index in [0.29, 0.717) is 12.5 Å². The molecule has 0 fully saturated rings. The molecule has 2 rings (SSSR count). The average molecular weight is 233 g/mol. The molecule has 0 unspecified atom stereocenters. The topological polar surface area (TPSA) is 61.0 Å². The molecule has 5 heteroatoms. The summed E-state index contributed by atoms with van der Waals surface area (Å²) in [6.45, 7) is 6.60. The molecular formula is C12H15N3O2. The smallest absolute Gasteiger partial charge is 0.232 e. The molecule has 0 aromatic carbocycles. The van der Waals surface area contributed by atoms with Crippen molar-refractivity contribution in [2.24, 2.45) is 0 Å². The molecule has 0 aliphatic heterocycles. The van der Waals surface area contributed by atoms with Gasteiger partial charge in [-0.1, -0.05) is 20.8 Å². The number of aromatic nitrogens is 3. The SMILES string of the molecule is CC(C)(C)c1cnc(OCc2cocn2)cn1. The lowest BCUT2D eigenvalue weighted by atomic mass is 9.93. The van der Waals surface area contributed by atoms with Gasteiger partial charge >= 0.3 is 0 Å². The minimum absolute atomic E-state index is 0.00234. The minimum Gasteiger partial charge on any atom is -0.470 e. The Kier molecular flexibility index (Phi) is 3.08. The van der Waals surface area contributed by atoms with E-state index in [1.54, 1.807) is 12.4 Å². The van der Waals surface area contributed by atoms with Crippen LogP contribution in [0, 0.1) is 0 Å². The minimum atomic E-state index is -0.00234. The Hall–Kier alpha value is -1.91. The normalized spacial score (nSPS) is 11.5. The number of hydrogen-bond acceptors (Lipinski definition) is 5. The first kappa shape index (κ1) is 11.6. The van der Waals surface area contributed by atoms with Gasteiger partial charge in [-0.2, -0.15) is 0 Å². The highest BCUT2D eigenvalue weighted by molar-refractivity contribution is 5.13. The van der Waals surface area contributed by atoms with Crippen molar-refractivity contribution in [3.8, 4) is 5.88 Å². The van der Waals surface area contributed by atoms with Crippen LogP contribution in [0.2, 0.25) is 0 Å². The first-order chi connectivity index (χ1) is 8.05. The van der Waals surface area contributed by atoms with Crippen molar-refractivity contribution in [3.05, 3.63) is 36.4 Å². The highest BCUT2D eigenvalue weighted by Gasteiger charge is 2.15. The van der Waals surface area contributed by atoms with Crippen LogP contribution < -0.4 is 4.74 Å². The van der Waals surface area contributed by atoms with Crippen LogP contribution in [0.15, 0.2) is 29.5 Å². The third-order valence-electron chi connectivity index (χ3n) is 2.25. The molecule has 2 heterocycles. The van der Waals surface area contributed by atoms with Gasteiger partial charge in [-0.25, -0.2) is 9.97 Å². The summed E-state index contributed by atoms with van der Waals surface area (Å²) >= 11 is 0. The quantitative estimate of drug-likeness (QED) is 0.814. The molecule has 0 saturated carbocycles. The second-order valence-electron chi connectivity index (χ2n) is 4.76. The molecule has 0 N–H and O–H groups in total. The van der Waals surface area contributed by atoms with E-state index in [2.05, 4.69) is 35.7 Å². The van der Waals surface area contributed by atoms with Gasteiger partial charge in [-0.15, -0.1) is 0 Å². The second-order valence-corrected chi connectivity index (χ2v) is 4.76. The van der Waals surface area contributed by atoms with Gasteiger partial charge in [0.15, 0.2) is 6.39 Å². The van der Waals surface area contributed by atoms with Crippen LogP contribution >= 0.6 is 0 Å².